The second-order valence-electron chi connectivity index (χ2n) is 6.05. The van der Waals surface area contributed by atoms with Gasteiger partial charge < -0.3 is 19.1 Å². The largest absolute Gasteiger partial charge is 0.491 e. The molecule has 0 unspecified atom stereocenters. The van der Waals surface area contributed by atoms with Crippen molar-refractivity contribution in [2.45, 2.75) is 20.8 Å². The van der Waals surface area contributed by atoms with Crippen molar-refractivity contribution in [1.82, 2.24) is 0 Å². The van der Waals surface area contributed by atoms with Crippen LogP contribution in [0.4, 0.5) is 5.69 Å². The monoisotopic (exact) mass is 414 g/mol. The van der Waals surface area contributed by atoms with E-state index in [2.05, 4.69) is 0 Å². The van der Waals surface area contributed by atoms with Crippen LogP contribution < -0.4 is 4.90 Å². The molecule has 30 heavy (non-hydrogen) atoms. The highest BCUT2D eigenvalue weighted by molar-refractivity contribution is 6.11. The fourth-order valence-electron chi connectivity index (χ4n) is 2.39. The standard InChI is InChI=1S/C22H26N2O6/c1-6-28-20(18(14-23)22(27)30-8-3)17(21(26)29-7-2)13-19(25)15-9-11-16(12-10-15)24(4)5/h9-13H,6-8H2,1-5H3/b17-13-,20-18-. The summed E-state index contributed by atoms with van der Waals surface area (Å²) in [6, 6.07) is 8.42. The Morgan fingerprint density at radius 2 is 1.47 bits per heavy atom. The van der Waals surface area contributed by atoms with Crippen LogP contribution in [0.3, 0.4) is 0 Å². The Morgan fingerprint density at radius 3 is 1.93 bits per heavy atom. The minimum Gasteiger partial charge on any atom is -0.491 e. The number of hydrogen-bond donors (Lipinski definition) is 0. The minimum atomic E-state index is -0.957. The van der Waals surface area contributed by atoms with Gasteiger partial charge in [0.25, 0.3) is 0 Å². The van der Waals surface area contributed by atoms with Crippen LogP contribution >= 0.6 is 0 Å². The van der Waals surface area contributed by atoms with E-state index in [4.69, 9.17) is 14.2 Å². The van der Waals surface area contributed by atoms with Crippen LogP contribution in [0.15, 0.2) is 47.2 Å². The number of benzene rings is 1. The van der Waals surface area contributed by atoms with Gasteiger partial charge in [-0.25, -0.2) is 9.59 Å². The van der Waals surface area contributed by atoms with Gasteiger partial charge in [0.2, 0.25) is 0 Å². The fraction of sp³-hybridized carbons (Fsp3) is 0.364. The number of esters is 2. The second kappa shape index (κ2) is 12.1. The van der Waals surface area contributed by atoms with E-state index in [-0.39, 0.29) is 31.2 Å². The van der Waals surface area contributed by atoms with Crippen molar-refractivity contribution >= 4 is 23.4 Å². The van der Waals surface area contributed by atoms with Gasteiger partial charge in [0.15, 0.2) is 17.1 Å². The number of carbonyl (C=O) groups excluding carboxylic acids is 3. The number of nitrogens with zero attached hydrogens (tertiary/aromatic N) is 2. The van der Waals surface area contributed by atoms with Gasteiger partial charge in [0.05, 0.1) is 19.8 Å². The molecule has 1 aromatic carbocycles. The molecule has 0 heterocycles. The normalized spacial score (nSPS) is 11.7. The summed E-state index contributed by atoms with van der Waals surface area (Å²) in [5, 5.41) is 9.46. The summed E-state index contributed by atoms with van der Waals surface area (Å²) < 4.78 is 15.3. The van der Waals surface area contributed by atoms with E-state index in [9.17, 15) is 19.6 Å². The fourth-order valence-corrected chi connectivity index (χ4v) is 2.39. The zero-order chi connectivity index (χ0) is 22.7. The summed E-state index contributed by atoms with van der Waals surface area (Å²) in [4.78, 5) is 39.4. The molecule has 0 fully saturated rings. The Labute approximate surface area is 176 Å². The Hall–Kier alpha value is -3.60. The maximum atomic E-state index is 12.8. The summed E-state index contributed by atoms with van der Waals surface area (Å²) in [6.07, 6.45) is 1.00. The molecule has 0 aliphatic rings. The van der Waals surface area contributed by atoms with E-state index in [1.165, 1.54) is 0 Å². The van der Waals surface area contributed by atoms with Crippen molar-refractivity contribution in [3.05, 3.63) is 52.8 Å². The summed E-state index contributed by atoms with van der Waals surface area (Å²) >= 11 is 0. The second-order valence-corrected chi connectivity index (χ2v) is 6.05. The van der Waals surface area contributed by atoms with Crippen LogP contribution in [0.25, 0.3) is 0 Å². The molecule has 0 saturated heterocycles. The van der Waals surface area contributed by atoms with Crippen LogP contribution in [0.2, 0.25) is 0 Å². The van der Waals surface area contributed by atoms with Crippen LogP contribution in [-0.4, -0.2) is 51.6 Å². The zero-order valence-corrected chi connectivity index (χ0v) is 17.9. The zero-order valence-electron chi connectivity index (χ0n) is 17.9. The highest BCUT2D eigenvalue weighted by Crippen LogP contribution is 2.21. The van der Waals surface area contributed by atoms with E-state index >= 15 is 0 Å². The molecule has 1 aromatic rings. The van der Waals surface area contributed by atoms with Crippen molar-refractivity contribution in [3.63, 3.8) is 0 Å². The SMILES string of the molecule is CCOC(=O)C(=C\C(=O)c1ccc(N(C)C)cc1)/C(OCC)=C(\C#N)C(=O)OCC. The van der Waals surface area contributed by atoms with Crippen molar-refractivity contribution in [2.75, 3.05) is 38.8 Å². The van der Waals surface area contributed by atoms with Crippen LogP contribution in [-0.2, 0) is 23.8 Å². The lowest BCUT2D eigenvalue weighted by Crippen LogP contribution is -2.18. The maximum Gasteiger partial charge on any atom is 0.352 e. The van der Waals surface area contributed by atoms with Crippen LogP contribution in [0.1, 0.15) is 31.1 Å². The smallest absolute Gasteiger partial charge is 0.352 e. The summed E-state index contributed by atoms with van der Waals surface area (Å²) in [6.45, 7) is 4.89. The van der Waals surface area contributed by atoms with Gasteiger partial charge in [-0.05, 0) is 45.0 Å². The van der Waals surface area contributed by atoms with Crippen molar-refractivity contribution in [2.24, 2.45) is 0 Å². The maximum absolute atomic E-state index is 12.8. The molecule has 8 heteroatoms. The van der Waals surface area contributed by atoms with Gasteiger partial charge in [-0.15, -0.1) is 0 Å². The third kappa shape index (κ3) is 6.48. The summed E-state index contributed by atoms with van der Waals surface area (Å²) in [5.74, 6) is -2.71. The van der Waals surface area contributed by atoms with E-state index < -0.39 is 23.3 Å². The molecular formula is C22H26N2O6. The predicted molar refractivity (Wildman–Crippen MR) is 111 cm³/mol. The Kier molecular flexibility index (Phi) is 9.83. The quantitative estimate of drug-likeness (QED) is 0.144. The highest BCUT2D eigenvalue weighted by atomic mass is 16.5. The van der Waals surface area contributed by atoms with Crippen molar-refractivity contribution in [1.29, 1.82) is 5.26 Å². The van der Waals surface area contributed by atoms with Crippen molar-refractivity contribution < 1.29 is 28.6 Å². The predicted octanol–water partition coefficient (Wildman–Crippen LogP) is 2.80. The third-order valence-electron chi connectivity index (χ3n) is 3.79. The molecular weight excluding hydrogens is 388 g/mol. The van der Waals surface area contributed by atoms with Gasteiger partial charge in [-0.2, -0.15) is 5.26 Å². The van der Waals surface area contributed by atoms with Crippen LogP contribution in [0.5, 0.6) is 0 Å². The molecule has 160 valence electrons. The average molecular weight is 414 g/mol. The lowest BCUT2D eigenvalue weighted by Gasteiger charge is -2.14. The van der Waals surface area contributed by atoms with E-state index in [1.807, 2.05) is 19.0 Å². The average Bonchev–Trinajstić information content (AvgIpc) is 2.72. The number of nitriles is 1. The minimum absolute atomic E-state index is 0.0268. The number of hydrogen-bond acceptors (Lipinski definition) is 8. The molecule has 0 saturated carbocycles. The van der Waals surface area contributed by atoms with Gasteiger partial charge in [-0.3, -0.25) is 4.79 Å². The van der Waals surface area contributed by atoms with Gasteiger partial charge in [0, 0.05) is 31.4 Å². The number of anilines is 1. The molecule has 1 rings (SSSR count). The lowest BCUT2D eigenvalue weighted by molar-refractivity contribution is -0.138. The van der Waals surface area contributed by atoms with Gasteiger partial charge in [0.1, 0.15) is 11.6 Å². The number of rotatable bonds is 10. The molecule has 0 radical (unpaired) electrons. The van der Waals surface area contributed by atoms with Gasteiger partial charge >= 0.3 is 11.9 Å². The molecule has 0 aliphatic heterocycles. The van der Waals surface area contributed by atoms with E-state index in [0.29, 0.717) is 5.56 Å². The van der Waals surface area contributed by atoms with Crippen molar-refractivity contribution in [3.8, 4) is 6.07 Å². The molecule has 0 aliphatic carbocycles. The molecule has 0 aromatic heterocycles. The molecule has 0 amide bonds. The number of carbonyl (C=O) groups is 3. The molecule has 0 atom stereocenters. The molecule has 8 nitrogen and oxygen atoms in total. The number of ketones is 1. The van der Waals surface area contributed by atoms with E-state index in [0.717, 1.165) is 11.8 Å². The van der Waals surface area contributed by atoms with Crippen LogP contribution in [0, 0.1) is 11.3 Å². The lowest BCUT2D eigenvalue weighted by atomic mass is 10.0. The Bertz CT molecular complexity index is 876. The Morgan fingerprint density at radius 1 is 0.933 bits per heavy atom. The number of allylic oxidation sites excluding steroid dienone is 1. The first-order valence-corrected chi connectivity index (χ1v) is 9.45. The first-order valence-electron chi connectivity index (χ1n) is 9.45. The third-order valence-corrected chi connectivity index (χ3v) is 3.79. The van der Waals surface area contributed by atoms with E-state index in [1.54, 1.807) is 51.1 Å². The van der Waals surface area contributed by atoms with Gasteiger partial charge in [-0.1, -0.05) is 0 Å². The first kappa shape index (κ1) is 24.4. The molecule has 0 spiro atoms. The first-order chi connectivity index (χ1) is 14.3. The molecule has 0 N–H and O–H groups in total. The highest BCUT2D eigenvalue weighted by Gasteiger charge is 2.27. The summed E-state index contributed by atoms with van der Waals surface area (Å²) in [7, 11) is 3.74. The topological polar surface area (TPSA) is 106 Å². The Balaban J connectivity index is 3.55. The molecule has 0 bridgehead atoms. The summed E-state index contributed by atoms with van der Waals surface area (Å²) in [5.41, 5.74) is 0.358. The number of ether oxygens (including phenoxy) is 3.